The molecule has 5 rings (SSSR count). The maximum atomic E-state index is 6.07. The topological polar surface area (TPSA) is 42.5 Å². The number of para-hydroxylation sites is 2. The van der Waals surface area contributed by atoms with E-state index in [0.717, 1.165) is 11.4 Å². The minimum Gasteiger partial charge on any atom is -0.416 e. The van der Waals surface area contributed by atoms with Gasteiger partial charge in [-0.15, -0.1) is 11.3 Å². The second-order valence-electron chi connectivity index (χ2n) is 8.69. The van der Waals surface area contributed by atoms with Crippen molar-refractivity contribution in [3.8, 4) is 0 Å². The molecule has 2 unspecified atom stereocenters. The lowest BCUT2D eigenvalue weighted by atomic mass is 9.85. The van der Waals surface area contributed by atoms with Crippen LogP contribution in [-0.4, -0.2) is 27.4 Å². The number of hydrogen-bond donors (Lipinski definition) is 2. The van der Waals surface area contributed by atoms with E-state index in [0.29, 0.717) is 15.0 Å². The SMILES string of the molecule is CC(Nc1ccccc1)OBc1ccc2sc3ccc(BOC(C)Nc4ccccc4)cc3c2c1. The van der Waals surface area contributed by atoms with Crippen molar-refractivity contribution in [2.45, 2.75) is 26.3 Å². The Morgan fingerprint density at radius 3 is 1.46 bits per heavy atom. The number of fused-ring (bicyclic) bond motifs is 3. The molecule has 5 aromatic rings. The lowest BCUT2D eigenvalue weighted by molar-refractivity contribution is 0.269. The standard InChI is InChI=1S/C28H28B2N2O2S/c1-19(31-23-9-5-3-6-10-23)33-29-21-13-15-27-25(17-21)26-18-22(14-16-28(26)35-27)30-34-20(2)32-24-11-7-4-8-12-24/h3-20,29-32H,1-2H3. The fraction of sp³-hybridized carbons (Fsp3) is 0.143. The molecule has 4 nitrogen and oxygen atoms in total. The Balaban J connectivity index is 1.25. The highest BCUT2D eigenvalue weighted by atomic mass is 32.1. The highest BCUT2D eigenvalue weighted by Gasteiger charge is 2.11. The number of benzene rings is 4. The minimum absolute atomic E-state index is 0.0810. The van der Waals surface area contributed by atoms with Gasteiger partial charge in [0.1, 0.15) is 12.5 Å². The molecule has 0 amide bonds. The average Bonchev–Trinajstić information content (AvgIpc) is 3.25. The molecule has 0 aliphatic carbocycles. The number of hydrogen-bond acceptors (Lipinski definition) is 5. The number of anilines is 2. The van der Waals surface area contributed by atoms with Crippen LogP contribution in [0.5, 0.6) is 0 Å². The summed E-state index contributed by atoms with van der Waals surface area (Å²) in [5.41, 5.74) is 4.45. The van der Waals surface area contributed by atoms with E-state index >= 15 is 0 Å². The molecule has 174 valence electrons. The van der Waals surface area contributed by atoms with Gasteiger partial charge in [0.05, 0.1) is 0 Å². The normalized spacial score (nSPS) is 12.9. The van der Waals surface area contributed by atoms with Gasteiger partial charge in [0, 0.05) is 20.8 Å². The first kappa shape index (κ1) is 23.5. The summed E-state index contributed by atoms with van der Waals surface area (Å²) in [4.78, 5) is 0. The molecule has 2 N–H and O–H groups in total. The molecular weight excluding hydrogens is 450 g/mol. The zero-order valence-corrected chi connectivity index (χ0v) is 20.8. The number of thiophene rings is 1. The summed E-state index contributed by atoms with van der Waals surface area (Å²) in [7, 11) is 1.11. The molecule has 1 heterocycles. The molecule has 0 radical (unpaired) electrons. The summed E-state index contributed by atoms with van der Waals surface area (Å²) in [6, 6.07) is 33.5. The van der Waals surface area contributed by atoms with Crippen molar-refractivity contribution in [1.29, 1.82) is 0 Å². The first-order chi connectivity index (χ1) is 17.1. The smallest absolute Gasteiger partial charge is 0.311 e. The van der Waals surface area contributed by atoms with Crippen LogP contribution in [0.1, 0.15) is 13.8 Å². The molecule has 4 aromatic carbocycles. The molecule has 0 aliphatic heterocycles. The summed E-state index contributed by atoms with van der Waals surface area (Å²) in [5.74, 6) is 0. The first-order valence-corrected chi connectivity index (χ1v) is 12.8. The van der Waals surface area contributed by atoms with Crippen LogP contribution in [0.2, 0.25) is 0 Å². The summed E-state index contributed by atoms with van der Waals surface area (Å²) < 4.78 is 14.7. The Kier molecular flexibility index (Phi) is 7.38. The van der Waals surface area contributed by atoms with Crippen LogP contribution < -0.4 is 21.6 Å². The second kappa shape index (κ2) is 11.0. The molecule has 0 spiro atoms. The van der Waals surface area contributed by atoms with E-state index in [-0.39, 0.29) is 12.5 Å². The highest BCUT2D eigenvalue weighted by molar-refractivity contribution is 7.25. The monoisotopic (exact) mass is 478 g/mol. The molecule has 7 heteroatoms. The van der Waals surface area contributed by atoms with Gasteiger partial charge in [0.15, 0.2) is 0 Å². The van der Waals surface area contributed by atoms with Crippen molar-refractivity contribution in [3.63, 3.8) is 0 Å². The average molecular weight is 478 g/mol. The lowest BCUT2D eigenvalue weighted by Crippen LogP contribution is -2.27. The van der Waals surface area contributed by atoms with Crippen LogP contribution in [0.15, 0.2) is 97.1 Å². The van der Waals surface area contributed by atoms with Crippen molar-refractivity contribution in [3.05, 3.63) is 97.1 Å². The Morgan fingerprint density at radius 2 is 1.03 bits per heavy atom. The van der Waals surface area contributed by atoms with Gasteiger partial charge in [0.25, 0.3) is 0 Å². The number of nitrogens with one attached hydrogen (secondary N) is 2. The van der Waals surface area contributed by atoms with Crippen LogP contribution in [-0.2, 0) is 9.31 Å². The zero-order chi connectivity index (χ0) is 24.0. The van der Waals surface area contributed by atoms with Gasteiger partial charge < -0.3 is 19.9 Å². The van der Waals surface area contributed by atoms with E-state index in [9.17, 15) is 0 Å². The third-order valence-corrected chi connectivity index (χ3v) is 7.04. The van der Waals surface area contributed by atoms with Crippen molar-refractivity contribution in [2.75, 3.05) is 10.6 Å². The van der Waals surface area contributed by atoms with E-state index in [2.05, 4.69) is 47.0 Å². The first-order valence-electron chi connectivity index (χ1n) is 11.9. The van der Waals surface area contributed by atoms with Gasteiger partial charge >= 0.3 is 15.0 Å². The fourth-order valence-corrected chi connectivity index (χ4v) is 5.18. The third kappa shape index (κ3) is 6.06. The van der Waals surface area contributed by atoms with E-state index in [1.54, 1.807) is 0 Å². The third-order valence-electron chi connectivity index (χ3n) is 5.89. The van der Waals surface area contributed by atoms with Crippen molar-refractivity contribution >= 4 is 68.8 Å². The summed E-state index contributed by atoms with van der Waals surface area (Å²) in [5, 5.41) is 9.30. The molecular formula is C28H28B2N2O2S. The summed E-state index contributed by atoms with van der Waals surface area (Å²) >= 11 is 1.83. The maximum Gasteiger partial charge on any atom is 0.311 e. The predicted octanol–water partition coefficient (Wildman–Crippen LogP) is 4.96. The molecule has 35 heavy (non-hydrogen) atoms. The van der Waals surface area contributed by atoms with Crippen molar-refractivity contribution < 1.29 is 9.31 Å². The van der Waals surface area contributed by atoms with E-state index < -0.39 is 0 Å². The Hall–Kier alpha value is -3.25. The quantitative estimate of drug-likeness (QED) is 0.220. The Morgan fingerprint density at radius 1 is 0.600 bits per heavy atom. The Bertz CT molecular complexity index is 1290. The second-order valence-corrected chi connectivity index (χ2v) is 9.77. The van der Waals surface area contributed by atoms with Gasteiger partial charge in [0.2, 0.25) is 0 Å². The summed E-state index contributed by atoms with van der Waals surface area (Å²) in [6.07, 6.45) is -0.162. The number of rotatable bonds is 10. The zero-order valence-electron chi connectivity index (χ0n) is 20.0. The van der Waals surface area contributed by atoms with E-state index in [4.69, 9.17) is 9.31 Å². The van der Waals surface area contributed by atoms with Crippen LogP contribution in [0, 0.1) is 0 Å². The van der Waals surface area contributed by atoms with Gasteiger partial charge in [-0.2, -0.15) is 0 Å². The van der Waals surface area contributed by atoms with Crippen LogP contribution >= 0.6 is 11.3 Å². The maximum absolute atomic E-state index is 6.07. The Labute approximate surface area is 211 Å². The van der Waals surface area contributed by atoms with Gasteiger partial charge in [-0.05, 0) is 61.0 Å². The molecule has 2 atom stereocenters. The van der Waals surface area contributed by atoms with Crippen molar-refractivity contribution in [1.82, 2.24) is 0 Å². The van der Waals surface area contributed by atoms with Crippen LogP contribution in [0.4, 0.5) is 11.4 Å². The molecule has 0 fully saturated rings. The van der Waals surface area contributed by atoms with Gasteiger partial charge in [-0.1, -0.05) is 71.6 Å². The lowest BCUT2D eigenvalue weighted by Gasteiger charge is -2.16. The molecule has 0 saturated heterocycles. The predicted molar refractivity (Wildman–Crippen MR) is 154 cm³/mol. The van der Waals surface area contributed by atoms with Gasteiger partial charge in [-0.3, -0.25) is 0 Å². The van der Waals surface area contributed by atoms with E-state index in [1.807, 2.05) is 85.8 Å². The highest BCUT2D eigenvalue weighted by Crippen LogP contribution is 2.32. The molecule has 0 bridgehead atoms. The largest absolute Gasteiger partial charge is 0.416 e. The molecule has 0 saturated carbocycles. The minimum atomic E-state index is -0.0810. The summed E-state index contributed by atoms with van der Waals surface area (Å²) in [6.45, 7) is 4.07. The van der Waals surface area contributed by atoms with Crippen LogP contribution in [0.25, 0.3) is 20.2 Å². The fourth-order valence-electron chi connectivity index (χ4n) is 4.12. The van der Waals surface area contributed by atoms with Gasteiger partial charge in [-0.25, -0.2) is 0 Å². The molecule has 0 aliphatic rings. The van der Waals surface area contributed by atoms with Crippen molar-refractivity contribution in [2.24, 2.45) is 0 Å². The van der Waals surface area contributed by atoms with Crippen LogP contribution in [0.3, 0.4) is 0 Å². The molecule has 1 aromatic heterocycles. The van der Waals surface area contributed by atoms with E-state index in [1.165, 1.54) is 31.1 Å².